The van der Waals surface area contributed by atoms with Crippen molar-refractivity contribution in [2.24, 2.45) is 0 Å². The lowest BCUT2D eigenvalue weighted by Crippen LogP contribution is -2.22. The van der Waals surface area contributed by atoms with Crippen molar-refractivity contribution in [3.8, 4) is 0 Å². The Balaban J connectivity index is 2.28. The van der Waals surface area contributed by atoms with E-state index in [1.165, 1.54) is 6.26 Å². The molecule has 4 heteroatoms. The van der Waals surface area contributed by atoms with E-state index in [4.69, 9.17) is 13.9 Å². The van der Waals surface area contributed by atoms with Gasteiger partial charge < -0.3 is 13.9 Å². The van der Waals surface area contributed by atoms with Crippen molar-refractivity contribution in [3.05, 3.63) is 24.8 Å². The van der Waals surface area contributed by atoms with Gasteiger partial charge in [0.2, 0.25) is 5.79 Å². The first-order chi connectivity index (χ1) is 5.71. The summed E-state index contributed by atoms with van der Waals surface area (Å²) in [6.45, 7) is 6.56. The second-order valence-corrected chi connectivity index (χ2v) is 2.79. The average molecular weight is 168 g/mol. The van der Waals surface area contributed by atoms with Gasteiger partial charge in [-0.1, -0.05) is 0 Å². The van der Waals surface area contributed by atoms with Crippen molar-refractivity contribution >= 4 is 0 Å². The van der Waals surface area contributed by atoms with Gasteiger partial charge in [-0.15, -0.1) is 0 Å². The predicted molar refractivity (Wildman–Crippen MR) is 40.2 cm³/mol. The quantitative estimate of drug-likeness (QED) is 0.629. The third-order valence-electron chi connectivity index (χ3n) is 1.78. The molecule has 4 nitrogen and oxygen atoms in total. The van der Waals surface area contributed by atoms with Crippen LogP contribution in [0, 0.1) is 6.92 Å². The van der Waals surface area contributed by atoms with Crippen molar-refractivity contribution in [3.63, 3.8) is 0 Å². The van der Waals surface area contributed by atoms with E-state index in [1.807, 2.05) is 0 Å². The number of hydrogen-bond acceptors (Lipinski definition) is 4. The Kier molecular flexibility index (Phi) is 1.66. The Morgan fingerprint density at radius 3 is 2.67 bits per heavy atom. The van der Waals surface area contributed by atoms with Gasteiger partial charge in [0.25, 0.3) is 5.89 Å². The highest BCUT2D eigenvalue weighted by atomic mass is 16.7. The Morgan fingerprint density at radius 2 is 2.17 bits per heavy atom. The van der Waals surface area contributed by atoms with E-state index in [0.717, 1.165) is 0 Å². The zero-order valence-corrected chi connectivity index (χ0v) is 6.87. The molecule has 1 aliphatic rings. The summed E-state index contributed by atoms with van der Waals surface area (Å²) in [4.78, 5) is 4.04. The number of ether oxygens (including phenoxy) is 2. The van der Waals surface area contributed by atoms with Crippen LogP contribution in [-0.2, 0) is 15.3 Å². The van der Waals surface area contributed by atoms with Crippen LogP contribution in [0.25, 0.3) is 0 Å². The molecule has 0 spiro atoms. The van der Waals surface area contributed by atoms with E-state index in [2.05, 4.69) is 11.9 Å². The maximum Gasteiger partial charge on any atom is 0.255 e. The lowest BCUT2D eigenvalue weighted by molar-refractivity contribution is -0.166. The van der Waals surface area contributed by atoms with Gasteiger partial charge in [0.15, 0.2) is 0 Å². The summed E-state index contributed by atoms with van der Waals surface area (Å²) in [5.74, 6) is -0.374. The molecular weight excluding hydrogens is 158 g/mol. The van der Waals surface area contributed by atoms with E-state index in [-0.39, 0.29) is 0 Å². The number of hydrogen-bond donors (Lipinski definition) is 0. The van der Waals surface area contributed by atoms with Gasteiger partial charge in [-0.2, -0.15) is 0 Å². The highest BCUT2D eigenvalue weighted by molar-refractivity contribution is 5.03. The highest BCUT2D eigenvalue weighted by Gasteiger charge is 2.37. The zero-order valence-electron chi connectivity index (χ0n) is 6.87. The fraction of sp³-hybridized carbons (Fsp3) is 0.500. The molecule has 0 saturated carbocycles. The first-order valence-electron chi connectivity index (χ1n) is 3.76. The SMILES string of the molecule is [CH2]c1coc(C2(C)OCCO2)n1. The summed E-state index contributed by atoms with van der Waals surface area (Å²) < 4.78 is 15.8. The summed E-state index contributed by atoms with van der Waals surface area (Å²) in [5.41, 5.74) is 0.588. The predicted octanol–water partition coefficient (Wildman–Crippen LogP) is 1.08. The maximum absolute atomic E-state index is 5.33. The van der Waals surface area contributed by atoms with E-state index in [1.54, 1.807) is 6.92 Å². The molecule has 0 bridgehead atoms. The van der Waals surface area contributed by atoms with Crippen LogP contribution in [0.4, 0.5) is 0 Å². The van der Waals surface area contributed by atoms with Crippen LogP contribution in [-0.4, -0.2) is 18.2 Å². The van der Waals surface area contributed by atoms with Crippen LogP contribution in [0.2, 0.25) is 0 Å². The molecule has 1 radical (unpaired) electrons. The lowest BCUT2D eigenvalue weighted by Gasteiger charge is -2.16. The molecule has 1 fully saturated rings. The van der Waals surface area contributed by atoms with Crippen molar-refractivity contribution in [2.75, 3.05) is 13.2 Å². The molecule has 0 aliphatic carbocycles. The molecule has 1 saturated heterocycles. The van der Waals surface area contributed by atoms with Crippen molar-refractivity contribution in [2.45, 2.75) is 12.7 Å². The van der Waals surface area contributed by atoms with Crippen LogP contribution in [0.15, 0.2) is 10.7 Å². The highest BCUT2D eigenvalue weighted by Crippen LogP contribution is 2.29. The van der Waals surface area contributed by atoms with Gasteiger partial charge in [-0.05, 0) is 13.8 Å². The van der Waals surface area contributed by atoms with Gasteiger partial charge in [-0.25, -0.2) is 4.98 Å². The molecule has 0 atom stereocenters. The summed E-state index contributed by atoms with van der Waals surface area (Å²) in [6.07, 6.45) is 1.48. The lowest BCUT2D eigenvalue weighted by atomic mass is 10.3. The molecule has 1 aromatic rings. The Morgan fingerprint density at radius 1 is 1.50 bits per heavy atom. The van der Waals surface area contributed by atoms with Gasteiger partial charge in [0.05, 0.1) is 18.9 Å². The maximum atomic E-state index is 5.33. The molecule has 2 heterocycles. The van der Waals surface area contributed by atoms with Crippen LogP contribution in [0.1, 0.15) is 18.5 Å². The second-order valence-electron chi connectivity index (χ2n) is 2.79. The van der Waals surface area contributed by atoms with E-state index in [0.29, 0.717) is 24.8 Å². The molecule has 0 aromatic carbocycles. The standard InChI is InChI=1S/C8H10NO3/c1-6-5-10-7(9-6)8(2)11-3-4-12-8/h5H,1,3-4H2,2H3. The number of aromatic nitrogens is 1. The van der Waals surface area contributed by atoms with Crippen LogP contribution < -0.4 is 0 Å². The van der Waals surface area contributed by atoms with Gasteiger partial charge in [0, 0.05) is 0 Å². The molecule has 1 aromatic heterocycles. The minimum Gasteiger partial charge on any atom is -0.444 e. The normalized spacial score (nSPS) is 21.5. The topological polar surface area (TPSA) is 44.5 Å². The van der Waals surface area contributed by atoms with Gasteiger partial charge in [-0.3, -0.25) is 0 Å². The first kappa shape index (κ1) is 7.76. The van der Waals surface area contributed by atoms with Crippen LogP contribution in [0.3, 0.4) is 0 Å². The fourth-order valence-corrected chi connectivity index (χ4v) is 1.15. The molecule has 0 N–H and O–H groups in total. The van der Waals surface area contributed by atoms with Gasteiger partial charge >= 0.3 is 0 Å². The summed E-state index contributed by atoms with van der Waals surface area (Å²) in [7, 11) is 0. The Labute approximate surface area is 70.5 Å². The average Bonchev–Trinajstić information content (AvgIpc) is 2.59. The summed E-state index contributed by atoms with van der Waals surface area (Å²) >= 11 is 0. The molecule has 2 rings (SSSR count). The second kappa shape index (κ2) is 2.57. The van der Waals surface area contributed by atoms with E-state index in [9.17, 15) is 0 Å². The molecule has 65 valence electrons. The Bertz CT molecular complexity index is 276. The van der Waals surface area contributed by atoms with Crippen molar-refractivity contribution < 1.29 is 13.9 Å². The van der Waals surface area contributed by atoms with Crippen LogP contribution >= 0.6 is 0 Å². The van der Waals surface area contributed by atoms with Crippen molar-refractivity contribution in [1.29, 1.82) is 0 Å². The fourth-order valence-electron chi connectivity index (χ4n) is 1.15. The molecule has 1 aliphatic heterocycles. The number of nitrogens with zero attached hydrogens (tertiary/aromatic N) is 1. The first-order valence-corrected chi connectivity index (χ1v) is 3.76. The minimum atomic E-state index is -0.810. The molecule has 0 unspecified atom stereocenters. The smallest absolute Gasteiger partial charge is 0.255 e. The third kappa shape index (κ3) is 1.13. The zero-order chi connectivity index (χ0) is 8.60. The molecular formula is C8H10NO3. The number of rotatable bonds is 1. The largest absolute Gasteiger partial charge is 0.444 e. The summed E-state index contributed by atoms with van der Waals surface area (Å²) in [5, 5.41) is 0. The monoisotopic (exact) mass is 168 g/mol. The van der Waals surface area contributed by atoms with Gasteiger partial charge in [0.1, 0.15) is 6.26 Å². The Hall–Kier alpha value is -0.870. The molecule has 0 amide bonds. The van der Waals surface area contributed by atoms with Crippen LogP contribution in [0.5, 0.6) is 0 Å². The van der Waals surface area contributed by atoms with E-state index < -0.39 is 5.79 Å². The number of oxazole rings is 1. The van der Waals surface area contributed by atoms with E-state index >= 15 is 0 Å². The molecule has 12 heavy (non-hydrogen) atoms. The third-order valence-corrected chi connectivity index (χ3v) is 1.78. The summed E-state index contributed by atoms with van der Waals surface area (Å²) in [6, 6.07) is 0. The van der Waals surface area contributed by atoms with Crippen molar-refractivity contribution in [1.82, 2.24) is 4.98 Å². The minimum absolute atomic E-state index is 0.435.